The molecule has 0 heterocycles. The largest absolute Gasteiger partial charge is 0.465 e. The predicted octanol–water partition coefficient (Wildman–Crippen LogP) is 1.09. The zero-order valence-corrected chi connectivity index (χ0v) is 11.9. The average molecular weight is 323 g/mol. The Labute approximate surface area is 119 Å². The van der Waals surface area contributed by atoms with Crippen molar-refractivity contribution < 1.29 is 22.9 Å². The van der Waals surface area contributed by atoms with Crippen LogP contribution in [0.2, 0.25) is 5.02 Å². The molecule has 8 nitrogen and oxygen atoms in total. The lowest BCUT2D eigenvalue weighted by atomic mass is 10.3. The zero-order chi connectivity index (χ0) is 15.3. The quantitative estimate of drug-likeness (QED) is 0.476. The van der Waals surface area contributed by atoms with Gasteiger partial charge in [-0.2, -0.15) is 4.72 Å². The predicted molar refractivity (Wildman–Crippen MR) is 69.9 cm³/mol. The van der Waals surface area contributed by atoms with Gasteiger partial charge in [-0.15, -0.1) is 0 Å². The fourth-order valence-corrected chi connectivity index (χ4v) is 2.77. The minimum absolute atomic E-state index is 0.124. The van der Waals surface area contributed by atoms with E-state index in [1.54, 1.807) is 6.92 Å². The first kappa shape index (κ1) is 16.3. The fourth-order valence-electron chi connectivity index (χ4n) is 1.26. The molecule has 0 aromatic heterocycles. The molecule has 110 valence electrons. The number of nitro benzene ring substituents is 1. The Morgan fingerprint density at radius 2 is 2.15 bits per heavy atom. The Balaban J connectivity index is 2.93. The third-order valence-corrected chi connectivity index (χ3v) is 4.01. The van der Waals surface area contributed by atoms with Crippen LogP contribution in [0.3, 0.4) is 0 Å². The van der Waals surface area contributed by atoms with E-state index in [2.05, 4.69) is 4.74 Å². The highest BCUT2D eigenvalue weighted by Crippen LogP contribution is 2.25. The summed E-state index contributed by atoms with van der Waals surface area (Å²) in [5.41, 5.74) is -0.334. The van der Waals surface area contributed by atoms with Crippen molar-refractivity contribution in [2.45, 2.75) is 11.8 Å². The standard InChI is InChI=1S/C10H11ClN2O6S/c1-2-19-10(14)6-12-20(17,18)9-4-3-7(13(15)16)5-8(9)11/h3-5,12H,2,6H2,1H3. The maximum atomic E-state index is 11.9. The number of hydrogen-bond acceptors (Lipinski definition) is 6. The molecule has 1 rings (SSSR count). The summed E-state index contributed by atoms with van der Waals surface area (Å²) in [5.74, 6) is -0.742. The molecule has 10 heteroatoms. The molecule has 20 heavy (non-hydrogen) atoms. The number of ether oxygens (including phenoxy) is 1. The molecule has 0 saturated heterocycles. The second-order valence-corrected chi connectivity index (χ2v) is 5.64. The van der Waals surface area contributed by atoms with Gasteiger partial charge in [0.1, 0.15) is 11.4 Å². The number of carbonyl (C=O) groups excluding carboxylic acids is 1. The summed E-state index contributed by atoms with van der Waals surface area (Å²) in [7, 11) is -4.05. The Kier molecular flexibility index (Phi) is 5.43. The smallest absolute Gasteiger partial charge is 0.321 e. The van der Waals surface area contributed by atoms with Crippen molar-refractivity contribution in [3.8, 4) is 0 Å². The SMILES string of the molecule is CCOC(=O)CNS(=O)(=O)c1ccc([N+](=O)[O-])cc1Cl. The highest BCUT2D eigenvalue weighted by molar-refractivity contribution is 7.89. The number of benzene rings is 1. The molecule has 0 unspecified atom stereocenters. The summed E-state index contributed by atoms with van der Waals surface area (Å²) < 4.78 is 30.3. The number of carbonyl (C=O) groups is 1. The Morgan fingerprint density at radius 1 is 1.50 bits per heavy atom. The molecule has 0 atom stereocenters. The van der Waals surface area contributed by atoms with Crippen molar-refractivity contribution in [2.75, 3.05) is 13.2 Å². The molecule has 1 aromatic carbocycles. The number of nitrogens with one attached hydrogen (secondary N) is 1. The summed E-state index contributed by atoms with van der Waals surface area (Å²) in [5, 5.41) is 10.2. The van der Waals surface area contributed by atoms with Gasteiger partial charge in [0, 0.05) is 12.1 Å². The number of hydrogen-bond donors (Lipinski definition) is 1. The number of halogens is 1. The molecule has 1 aromatic rings. The van der Waals surface area contributed by atoms with Crippen molar-refractivity contribution in [3.63, 3.8) is 0 Å². The number of rotatable bonds is 6. The number of esters is 1. The molecule has 0 aliphatic rings. The van der Waals surface area contributed by atoms with Crippen molar-refractivity contribution in [3.05, 3.63) is 33.3 Å². The number of sulfonamides is 1. The molecule has 0 aliphatic carbocycles. The maximum Gasteiger partial charge on any atom is 0.321 e. The summed E-state index contributed by atoms with van der Waals surface area (Å²) >= 11 is 5.69. The van der Waals surface area contributed by atoms with Gasteiger partial charge in [0.2, 0.25) is 10.0 Å². The minimum atomic E-state index is -4.05. The van der Waals surface area contributed by atoms with Crippen molar-refractivity contribution in [1.29, 1.82) is 0 Å². The zero-order valence-electron chi connectivity index (χ0n) is 10.3. The van der Waals surface area contributed by atoms with Crippen LogP contribution in [-0.2, 0) is 19.6 Å². The lowest BCUT2D eigenvalue weighted by molar-refractivity contribution is -0.384. The van der Waals surface area contributed by atoms with Gasteiger partial charge in [0.25, 0.3) is 5.69 Å². The van der Waals surface area contributed by atoms with E-state index < -0.39 is 27.5 Å². The third-order valence-electron chi connectivity index (χ3n) is 2.13. The van der Waals surface area contributed by atoms with Gasteiger partial charge in [-0.05, 0) is 13.0 Å². The van der Waals surface area contributed by atoms with E-state index in [0.29, 0.717) is 0 Å². The van der Waals surface area contributed by atoms with Gasteiger partial charge < -0.3 is 4.74 Å². The van der Waals surface area contributed by atoms with Crippen molar-refractivity contribution in [1.82, 2.24) is 4.72 Å². The van der Waals surface area contributed by atoms with E-state index in [4.69, 9.17) is 11.6 Å². The van der Waals surface area contributed by atoms with Crippen LogP contribution < -0.4 is 4.72 Å². The summed E-state index contributed by atoms with van der Waals surface area (Å²) in [6, 6.07) is 2.92. The van der Waals surface area contributed by atoms with Crippen LogP contribution in [0.1, 0.15) is 6.92 Å². The molecule has 0 bridgehead atoms. The van der Waals surface area contributed by atoms with Crippen LogP contribution in [0.4, 0.5) is 5.69 Å². The lowest BCUT2D eigenvalue weighted by Gasteiger charge is -2.07. The monoisotopic (exact) mass is 322 g/mol. The Bertz CT molecular complexity index is 631. The van der Waals surface area contributed by atoms with E-state index in [-0.39, 0.29) is 22.2 Å². The molecular formula is C10H11ClN2O6S. The first-order valence-electron chi connectivity index (χ1n) is 5.37. The van der Waals surface area contributed by atoms with Crippen LogP contribution in [0.5, 0.6) is 0 Å². The second kappa shape index (κ2) is 6.64. The number of nitro groups is 1. The van der Waals surface area contributed by atoms with E-state index in [1.165, 1.54) is 0 Å². The second-order valence-electron chi connectivity index (χ2n) is 3.50. The topological polar surface area (TPSA) is 116 Å². The van der Waals surface area contributed by atoms with E-state index in [1.807, 2.05) is 4.72 Å². The lowest BCUT2D eigenvalue weighted by Crippen LogP contribution is -2.30. The molecule has 0 spiro atoms. The third kappa shape index (κ3) is 4.15. The molecule has 0 amide bonds. The molecular weight excluding hydrogens is 312 g/mol. The molecule has 0 saturated carbocycles. The van der Waals surface area contributed by atoms with Crippen LogP contribution >= 0.6 is 11.6 Å². The normalized spacial score (nSPS) is 11.1. The first-order valence-corrected chi connectivity index (χ1v) is 7.23. The molecule has 0 fully saturated rings. The Morgan fingerprint density at radius 3 is 2.65 bits per heavy atom. The van der Waals surface area contributed by atoms with Crippen LogP contribution in [0.15, 0.2) is 23.1 Å². The van der Waals surface area contributed by atoms with Crippen LogP contribution in [0, 0.1) is 10.1 Å². The summed E-state index contributed by atoms with van der Waals surface area (Å²) in [6.45, 7) is 1.15. The summed E-state index contributed by atoms with van der Waals surface area (Å²) in [4.78, 5) is 20.5. The van der Waals surface area contributed by atoms with Gasteiger partial charge in [-0.25, -0.2) is 8.42 Å². The molecule has 0 radical (unpaired) electrons. The van der Waals surface area contributed by atoms with Gasteiger partial charge in [-0.3, -0.25) is 14.9 Å². The fraction of sp³-hybridized carbons (Fsp3) is 0.300. The van der Waals surface area contributed by atoms with E-state index in [0.717, 1.165) is 18.2 Å². The van der Waals surface area contributed by atoms with E-state index >= 15 is 0 Å². The van der Waals surface area contributed by atoms with Crippen LogP contribution in [0.25, 0.3) is 0 Å². The number of nitrogens with zero attached hydrogens (tertiary/aromatic N) is 1. The minimum Gasteiger partial charge on any atom is -0.465 e. The van der Waals surface area contributed by atoms with Gasteiger partial charge in [-0.1, -0.05) is 11.6 Å². The van der Waals surface area contributed by atoms with Gasteiger partial charge in [0.15, 0.2) is 0 Å². The highest BCUT2D eigenvalue weighted by Gasteiger charge is 2.21. The highest BCUT2D eigenvalue weighted by atomic mass is 35.5. The maximum absolute atomic E-state index is 11.9. The van der Waals surface area contributed by atoms with Crippen LogP contribution in [-0.4, -0.2) is 32.5 Å². The molecule has 0 aliphatic heterocycles. The Hall–Kier alpha value is -1.71. The van der Waals surface area contributed by atoms with Gasteiger partial charge >= 0.3 is 5.97 Å². The number of non-ortho nitro benzene ring substituents is 1. The van der Waals surface area contributed by atoms with Crippen molar-refractivity contribution in [2.24, 2.45) is 0 Å². The summed E-state index contributed by atoms with van der Waals surface area (Å²) in [6.07, 6.45) is 0. The first-order chi connectivity index (χ1) is 9.27. The van der Waals surface area contributed by atoms with Gasteiger partial charge in [0.05, 0.1) is 16.6 Å². The van der Waals surface area contributed by atoms with E-state index in [9.17, 15) is 23.3 Å². The van der Waals surface area contributed by atoms with Crippen molar-refractivity contribution >= 4 is 33.3 Å². The average Bonchev–Trinajstić information content (AvgIpc) is 2.36. The molecule has 1 N–H and O–H groups in total.